The minimum absolute atomic E-state index is 0.0241. The number of para-hydroxylation sites is 1. The lowest BCUT2D eigenvalue weighted by molar-refractivity contribution is -0.142. The molecule has 1 aliphatic rings. The summed E-state index contributed by atoms with van der Waals surface area (Å²) in [6.07, 6.45) is 0.962. The van der Waals surface area contributed by atoms with Crippen molar-refractivity contribution >= 4 is 22.8 Å². The van der Waals surface area contributed by atoms with E-state index in [2.05, 4.69) is 5.32 Å². The largest absolute Gasteiger partial charge is 0.459 e. The first-order valence-corrected chi connectivity index (χ1v) is 10.6. The highest BCUT2D eigenvalue weighted by Gasteiger charge is 2.35. The number of hydrogen-bond acceptors (Lipinski definition) is 3. The van der Waals surface area contributed by atoms with Crippen molar-refractivity contribution in [3.05, 3.63) is 71.5 Å². The van der Waals surface area contributed by atoms with Crippen LogP contribution in [0.3, 0.4) is 0 Å². The summed E-state index contributed by atoms with van der Waals surface area (Å²) in [5.41, 5.74) is 3.04. The Morgan fingerprint density at radius 2 is 1.77 bits per heavy atom. The molecule has 1 aliphatic heterocycles. The predicted octanol–water partition coefficient (Wildman–Crippen LogP) is 4.61. The van der Waals surface area contributed by atoms with Crippen molar-refractivity contribution < 1.29 is 14.0 Å². The molecule has 1 N–H and O–H groups in total. The van der Waals surface area contributed by atoms with Crippen LogP contribution in [0.15, 0.2) is 59.0 Å². The number of benzene rings is 2. The van der Waals surface area contributed by atoms with Gasteiger partial charge in [0.2, 0.25) is 11.8 Å². The zero-order valence-corrected chi connectivity index (χ0v) is 17.7. The molecule has 5 nitrogen and oxygen atoms in total. The summed E-state index contributed by atoms with van der Waals surface area (Å²) in [5, 5.41) is 4.08. The van der Waals surface area contributed by atoms with E-state index in [1.807, 2.05) is 75.4 Å². The lowest BCUT2D eigenvalue weighted by Crippen LogP contribution is -2.53. The quantitative estimate of drug-likeness (QED) is 0.675. The Kier molecular flexibility index (Phi) is 5.62. The minimum Gasteiger partial charge on any atom is -0.459 e. The molecule has 0 fully saturated rings. The van der Waals surface area contributed by atoms with Crippen LogP contribution in [0.2, 0.25) is 0 Å². The van der Waals surface area contributed by atoms with Gasteiger partial charge < -0.3 is 14.6 Å². The summed E-state index contributed by atoms with van der Waals surface area (Å²) in [7, 11) is 0. The van der Waals surface area contributed by atoms with Crippen LogP contribution in [-0.4, -0.2) is 22.8 Å². The summed E-state index contributed by atoms with van der Waals surface area (Å²) in [5.74, 6) is 0.833. The van der Waals surface area contributed by atoms with E-state index in [1.165, 1.54) is 0 Å². The van der Waals surface area contributed by atoms with Crippen LogP contribution in [0.1, 0.15) is 50.1 Å². The first-order valence-electron chi connectivity index (χ1n) is 10.6. The van der Waals surface area contributed by atoms with Gasteiger partial charge in [0.05, 0.1) is 6.04 Å². The van der Waals surface area contributed by atoms with E-state index in [-0.39, 0.29) is 23.8 Å². The Bertz CT molecular complexity index is 1040. The highest BCUT2D eigenvalue weighted by Crippen LogP contribution is 2.27. The second-order valence-corrected chi connectivity index (χ2v) is 8.53. The van der Waals surface area contributed by atoms with E-state index in [0.29, 0.717) is 25.1 Å². The van der Waals surface area contributed by atoms with Crippen molar-refractivity contribution in [2.24, 2.45) is 5.92 Å². The zero-order valence-electron chi connectivity index (χ0n) is 17.7. The molecule has 0 saturated carbocycles. The van der Waals surface area contributed by atoms with E-state index < -0.39 is 6.04 Å². The van der Waals surface area contributed by atoms with E-state index in [4.69, 9.17) is 4.42 Å². The summed E-state index contributed by atoms with van der Waals surface area (Å²) in [6.45, 7) is 6.43. The number of nitrogens with zero attached hydrogens (tertiary/aromatic N) is 1. The molecular weight excluding hydrogens is 376 g/mol. The number of amides is 2. The summed E-state index contributed by atoms with van der Waals surface area (Å²) in [6, 6.07) is 17.0. The molecular formula is C25H28N2O3. The fourth-order valence-electron chi connectivity index (χ4n) is 4.08. The van der Waals surface area contributed by atoms with Gasteiger partial charge in [-0.2, -0.15) is 0 Å². The molecule has 2 aromatic carbocycles. The van der Waals surface area contributed by atoms with Crippen molar-refractivity contribution in [2.75, 3.05) is 0 Å². The molecule has 0 radical (unpaired) electrons. The Hall–Kier alpha value is -3.08. The summed E-state index contributed by atoms with van der Waals surface area (Å²) in [4.78, 5) is 27.9. The summed E-state index contributed by atoms with van der Waals surface area (Å²) < 4.78 is 5.91. The van der Waals surface area contributed by atoms with Crippen molar-refractivity contribution in [2.45, 2.75) is 52.2 Å². The molecule has 2 heterocycles. The first-order chi connectivity index (χ1) is 14.4. The van der Waals surface area contributed by atoms with Gasteiger partial charge in [-0.25, -0.2) is 0 Å². The van der Waals surface area contributed by atoms with Gasteiger partial charge in [0, 0.05) is 24.8 Å². The SMILES string of the molecule is CC(C)CC(=O)N1Cc2ccccc2CC1C(=O)NC(C)c1cc2ccccc2o1. The van der Waals surface area contributed by atoms with Gasteiger partial charge in [0.25, 0.3) is 0 Å². The smallest absolute Gasteiger partial charge is 0.243 e. The third-order valence-corrected chi connectivity index (χ3v) is 5.68. The van der Waals surface area contributed by atoms with Crippen molar-refractivity contribution in [3.8, 4) is 0 Å². The van der Waals surface area contributed by atoms with Crippen LogP contribution in [0.25, 0.3) is 11.0 Å². The van der Waals surface area contributed by atoms with Gasteiger partial charge >= 0.3 is 0 Å². The standard InChI is InChI=1S/C25H28N2O3/c1-16(2)12-24(28)27-15-20-10-5-4-8-18(20)13-21(27)25(29)26-17(3)23-14-19-9-6-7-11-22(19)30-23/h4-11,14,16-17,21H,12-13,15H2,1-3H3,(H,26,29). The second kappa shape index (κ2) is 8.34. The molecule has 4 rings (SSSR count). The Balaban J connectivity index is 1.55. The number of carbonyl (C=O) groups is 2. The van der Waals surface area contributed by atoms with Crippen LogP contribution in [0, 0.1) is 5.92 Å². The molecule has 5 heteroatoms. The molecule has 0 spiro atoms. The van der Waals surface area contributed by atoms with Crippen LogP contribution < -0.4 is 5.32 Å². The second-order valence-electron chi connectivity index (χ2n) is 8.53. The maximum atomic E-state index is 13.3. The van der Waals surface area contributed by atoms with Gasteiger partial charge in [-0.1, -0.05) is 56.3 Å². The predicted molar refractivity (Wildman–Crippen MR) is 117 cm³/mol. The number of nitrogens with one attached hydrogen (secondary N) is 1. The topological polar surface area (TPSA) is 62.6 Å². The average molecular weight is 405 g/mol. The third kappa shape index (κ3) is 4.11. The van der Waals surface area contributed by atoms with E-state index in [1.54, 1.807) is 4.90 Å². The Morgan fingerprint density at radius 1 is 1.07 bits per heavy atom. The van der Waals surface area contributed by atoms with Crippen molar-refractivity contribution in [1.82, 2.24) is 10.2 Å². The number of fused-ring (bicyclic) bond motifs is 2. The number of rotatable bonds is 5. The molecule has 1 aromatic heterocycles. The van der Waals surface area contributed by atoms with Crippen molar-refractivity contribution in [3.63, 3.8) is 0 Å². The third-order valence-electron chi connectivity index (χ3n) is 5.68. The van der Waals surface area contributed by atoms with E-state index in [0.717, 1.165) is 22.1 Å². The van der Waals surface area contributed by atoms with Crippen LogP contribution in [-0.2, 0) is 22.6 Å². The maximum absolute atomic E-state index is 13.3. The van der Waals surface area contributed by atoms with Gasteiger partial charge in [-0.15, -0.1) is 0 Å². The Labute approximate surface area is 177 Å². The van der Waals surface area contributed by atoms with Crippen LogP contribution in [0.4, 0.5) is 0 Å². The molecule has 156 valence electrons. The zero-order chi connectivity index (χ0) is 21.3. The molecule has 0 aliphatic carbocycles. The van der Waals surface area contributed by atoms with Crippen LogP contribution in [0.5, 0.6) is 0 Å². The number of carbonyl (C=O) groups excluding carboxylic acids is 2. The number of furan rings is 1. The first kappa shape index (κ1) is 20.2. The molecule has 3 aromatic rings. The lowest BCUT2D eigenvalue weighted by Gasteiger charge is -2.37. The molecule has 30 heavy (non-hydrogen) atoms. The summed E-state index contributed by atoms with van der Waals surface area (Å²) >= 11 is 0. The fourth-order valence-corrected chi connectivity index (χ4v) is 4.08. The molecule has 0 bridgehead atoms. The highest BCUT2D eigenvalue weighted by molar-refractivity contribution is 5.89. The monoisotopic (exact) mass is 404 g/mol. The van der Waals surface area contributed by atoms with Gasteiger partial charge in [-0.05, 0) is 36.1 Å². The molecule has 0 saturated heterocycles. The van der Waals surface area contributed by atoms with Crippen molar-refractivity contribution in [1.29, 1.82) is 0 Å². The van der Waals surface area contributed by atoms with E-state index >= 15 is 0 Å². The van der Waals surface area contributed by atoms with E-state index in [9.17, 15) is 9.59 Å². The average Bonchev–Trinajstić information content (AvgIpc) is 3.16. The van der Waals surface area contributed by atoms with Gasteiger partial charge in [0.15, 0.2) is 0 Å². The normalized spacial score (nSPS) is 17.1. The van der Waals surface area contributed by atoms with Gasteiger partial charge in [-0.3, -0.25) is 9.59 Å². The Morgan fingerprint density at radius 3 is 2.50 bits per heavy atom. The van der Waals surface area contributed by atoms with Crippen LogP contribution >= 0.6 is 0 Å². The fraction of sp³-hybridized carbons (Fsp3) is 0.360. The minimum atomic E-state index is -0.516. The maximum Gasteiger partial charge on any atom is 0.243 e. The van der Waals surface area contributed by atoms with Gasteiger partial charge in [0.1, 0.15) is 17.4 Å². The number of hydrogen-bond donors (Lipinski definition) is 1. The lowest BCUT2D eigenvalue weighted by atomic mass is 9.92. The molecule has 2 amide bonds. The highest BCUT2D eigenvalue weighted by atomic mass is 16.3. The molecule has 2 unspecified atom stereocenters. The molecule has 2 atom stereocenters.